The van der Waals surface area contributed by atoms with Crippen molar-refractivity contribution in [2.45, 2.75) is 46.1 Å². The molecule has 2 N–H and O–H groups in total. The largest absolute Gasteiger partial charge is 0.354 e. The first-order chi connectivity index (χ1) is 13.3. The second-order valence-corrected chi connectivity index (χ2v) is 8.05. The predicted molar refractivity (Wildman–Crippen MR) is 110 cm³/mol. The summed E-state index contributed by atoms with van der Waals surface area (Å²) in [7, 11) is 0. The Bertz CT molecular complexity index is 700. The molecule has 1 heterocycles. The smallest absolute Gasteiger partial charge is 0.253 e. The summed E-state index contributed by atoms with van der Waals surface area (Å²) in [5.41, 5.74) is 0.351. The van der Waals surface area contributed by atoms with Gasteiger partial charge in [0.25, 0.3) is 5.91 Å². The van der Waals surface area contributed by atoms with Crippen molar-refractivity contribution in [3.8, 4) is 0 Å². The van der Waals surface area contributed by atoms with E-state index in [0.29, 0.717) is 55.4 Å². The van der Waals surface area contributed by atoms with Gasteiger partial charge in [0.05, 0.1) is 10.6 Å². The molecule has 0 saturated carbocycles. The molecule has 0 bridgehead atoms. The summed E-state index contributed by atoms with van der Waals surface area (Å²) in [5.74, 6) is -0.136. The molecule has 154 valence electrons. The third-order valence-electron chi connectivity index (χ3n) is 5.04. The number of hydrogen-bond acceptors (Lipinski definition) is 3. The van der Waals surface area contributed by atoms with Crippen LogP contribution in [-0.4, -0.2) is 48.3 Å². The van der Waals surface area contributed by atoms with Crippen molar-refractivity contribution in [3.63, 3.8) is 0 Å². The maximum Gasteiger partial charge on any atom is 0.253 e. The maximum atomic E-state index is 12.8. The van der Waals surface area contributed by atoms with Gasteiger partial charge in [0, 0.05) is 26.1 Å². The second-order valence-electron chi connectivity index (χ2n) is 7.64. The number of benzene rings is 1. The summed E-state index contributed by atoms with van der Waals surface area (Å²) < 4.78 is 0. The number of piperidine rings is 1. The summed E-state index contributed by atoms with van der Waals surface area (Å²) in [5, 5.41) is 6.17. The maximum absolute atomic E-state index is 12.8. The lowest BCUT2D eigenvalue weighted by atomic mass is 9.88. The number of carbonyl (C=O) groups excluding carboxylic acids is 3. The van der Waals surface area contributed by atoms with Crippen LogP contribution in [0, 0.1) is 11.8 Å². The highest BCUT2D eigenvalue weighted by molar-refractivity contribution is 6.33. The van der Waals surface area contributed by atoms with Gasteiger partial charge >= 0.3 is 0 Å². The molecule has 2 rings (SSSR count). The number of amides is 3. The lowest BCUT2D eigenvalue weighted by Gasteiger charge is -2.36. The van der Waals surface area contributed by atoms with Gasteiger partial charge in [0.1, 0.15) is 6.04 Å². The summed E-state index contributed by atoms with van der Waals surface area (Å²) in [6.45, 7) is 7.64. The summed E-state index contributed by atoms with van der Waals surface area (Å²) in [6.07, 6.45) is 1.83. The van der Waals surface area contributed by atoms with E-state index in [4.69, 9.17) is 11.6 Å². The fourth-order valence-electron chi connectivity index (χ4n) is 3.38. The zero-order valence-electron chi connectivity index (χ0n) is 16.8. The van der Waals surface area contributed by atoms with Gasteiger partial charge < -0.3 is 15.5 Å². The molecule has 0 unspecified atom stereocenters. The molecule has 28 heavy (non-hydrogen) atoms. The van der Waals surface area contributed by atoms with Crippen molar-refractivity contribution < 1.29 is 14.4 Å². The molecular formula is C21H30ClN3O3. The Balaban J connectivity index is 2.11. The molecule has 1 aliphatic rings. The molecule has 1 aliphatic heterocycles. The molecule has 3 amide bonds. The standard InChI is InChI=1S/C21H30ClN3O3/c1-4-18(26)25-11-9-15(10-12-25)19(21(28)23-13-14(2)3)24-20(27)16-7-5-6-8-17(16)22/h5-8,14-15,19H,4,9-13H2,1-3H3,(H,23,28)(H,24,27)/t19-/m0/s1. The molecular weight excluding hydrogens is 378 g/mol. The monoisotopic (exact) mass is 407 g/mol. The van der Waals surface area contributed by atoms with Gasteiger partial charge in [-0.2, -0.15) is 0 Å². The number of hydrogen-bond donors (Lipinski definition) is 2. The summed E-state index contributed by atoms with van der Waals surface area (Å²) >= 11 is 6.14. The molecule has 0 aromatic heterocycles. The molecule has 0 spiro atoms. The van der Waals surface area contributed by atoms with Crippen LogP contribution in [0.3, 0.4) is 0 Å². The third-order valence-corrected chi connectivity index (χ3v) is 5.37. The average molecular weight is 408 g/mol. The molecule has 7 heteroatoms. The number of carbonyl (C=O) groups is 3. The van der Waals surface area contributed by atoms with Crippen molar-refractivity contribution in [2.75, 3.05) is 19.6 Å². The first-order valence-corrected chi connectivity index (χ1v) is 10.3. The Kier molecular flexibility index (Phi) is 8.30. The van der Waals surface area contributed by atoms with Crippen LogP contribution in [0.25, 0.3) is 0 Å². The third kappa shape index (κ3) is 5.96. The lowest BCUT2D eigenvalue weighted by molar-refractivity contribution is -0.132. The van der Waals surface area contributed by atoms with Crippen LogP contribution < -0.4 is 10.6 Å². The zero-order valence-corrected chi connectivity index (χ0v) is 17.6. The van der Waals surface area contributed by atoms with E-state index in [-0.39, 0.29) is 23.6 Å². The number of nitrogens with zero attached hydrogens (tertiary/aromatic N) is 1. The minimum absolute atomic E-state index is 0.0282. The molecule has 1 saturated heterocycles. The van der Waals surface area contributed by atoms with Crippen molar-refractivity contribution in [1.82, 2.24) is 15.5 Å². The Hall–Kier alpha value is -2.08. The highest BCUT2D eigenvalue weighted by atomic mass is 35.5. The molecule has 1 fully saturated rings. The van der Waals surface area contributed by atoms with Crippen LogP contribution in [0.4, 0.5) is 0 Å². The number of nitrogens with one attached hydrogen (secondary N) is 2. The molecule has 0 radical (unpaired) electrons. The predicted octanol–water partition coefficient (Wildman–Crippen LogP) is 2.86. The highest BCUT2D eigenvalue weighted by Crippen LogP contribution is 2.23. The SMILES string of the molecule is CCC(=O)N1CCC([C@H](NC(=O)c2ccccc2Cl)C(=O)NCC(C)C)CC1. The highest BCUT2D eigenvalue weighted by Gasteiger charge is 2.34. The van der Waals surface area contributed by atoms with Crippen LogP contribution in [0.5, 0.6) is 0 Å². The van der Waals surface area contributed by atoms with Crippen molar-refractivity contribution in [2.24, 2.45) is 11.8 Å². The van der Waals surface area contributed by atoms with E-state index >= 15 is 0 Å². The first kappa shape index (κ1) is 22.2. The molecule has 6 nitrogen and oxygen atoms in total. The zero-order chi connectivity index (χ0) is 20.7. The van der Waals surface area contributed by atoms with Crippen LogP contribution in [0.2, 0.25) is 5.02 Å². The van der Waals surface area contributed by atoms with E-state index < -0.39 is 6.04 Å². The van der Waals surface area contributed by atoms with Crippen LogP contribution in [0.1, 0.15) is 50.4 Å². The fourth-order valence-corrected chi connectivity index (χ4v) is 3.60. The molecule has 1 aromatic carbocycles. The first-order valence-electron chi connectivity index (χ1n) is 9.94. The Labute approximate surface area is 172 Å². The van der Waals surface area contributed by atoms with Crippen molar-refractivity contribution >= 4 is 29.3 Å². The number of rotatable bonds is 7. The van der Waals surface area contributed by atoms with Gasteiger partial charge in [-0.25, -0.2) is 0 Å². The average Bonchev–Trinajstić information content (AvgIpc) is 2.70. The Morgan fingerprint density at radius 2 is 1.82 bits per heavy atom. The molecule has 1 aromatic rings. The number of likely N-dealkylation sites (tertiary alicyclic amines) is 1. The van der Waals surface area contributed by atoms with Gasteiger partial charge in [-0.1, -0.05) is 44.5 Å². The summed E-state index contributed by atoms with van der Waals surface area (Å²) in [6, 6.07) is 6.14. The minimum Gasteiger partial charge on any atom is -0.354 e. The quantitative estimate of drug-likeness (QED) is 0.729. The Morgan fingerprint density at radius 3 is 2.39 bits per heavy atom. The van der Waals surface area contributed by atoms with Crippen LogP contribution in [0.15, 0.2) is 24.3 Å². The summed E-state index contributed by atoms with van der Waals surface area (Å²) in [4.78, 5) is 39.3. The van der Waals surface area contributed by atoms with Crippen molar-refractivity contribution in [1.29, 1.82) is 0 Å². The normalized spacial score (nSPS) is 16.0. The van der Waals surface area contributed by atoms with E-state index in [0.717, 1.165) is 0 Å². The van der Waals surface area contributed by atoms with E-state index in [9.17, 15) is 14.4 Å². The van der Waals surface area contributed by atoms with Crippen LogP contribution in [-0.2, 0) is 9.59 Å². The number of halogens is 1. The topological polar surface area (TPSA) is 78.5 Å². The minimum atomic E-state index is -0.651. The van der Waals surface area contributed by atoms with Gasteiger partial charge in [-0.05, 0) is 36.8 Å². The lowest BCUT2D eigenvalue weighted by Crippen LogP contribution is -2.54. The Morgan fingerprint density at radius 1 is 1.18 bits per heavy atom. The van der Waals surface area contributed by atoms with Gasteiger partial charge in [0.2, 0.25) is 11.8 Å². The van der Waals surface area contributed by atoms with E-state index in [1.54, 1.807) is 24.3 Å². The van der Waals surface area contributed by atoms with Crippen molar-refractivity contribution in [3.05, 3.63) is 34.9 Å². The fraction of sp³-hybridized carbons (Fsp3) is 0.571. The molecule has 1 atom stereocenters. The van der Waals surface area contributed by atoms with Gasteiger partial charge in [-0.3, -0.25) is 14.4 Å². The molecule has 0 aliphatic carbocycles. The second kappa shape index (κ2) is 10.5. The van der Waals surface area contributed by atoms with Gasteiger partial charge in [0.15, 0.2) is 0 Å². The van der Waals surface area contributed by atoms with E-state index in [1.165, 1.54) is 0 Å². The van der Waals surface area contributed by atoms with E-state index in [1.807, 2.05) is 25.7 Å². The van der Waals surface area contributed by atoms with Gasteiger partial charge in [-0.15, -0.1) is 0 Å². The van der Waals surface area contributed by atoms with Crippen LogP contribution >= 0.6 is 11.6 Å². The van der Waals surface area contributed by atoms with E-state index in [2.05, 4.69) is 10.6 Å².